The van der Waals surface area contributed by atoms with E-state index >= 15 is 0 Å². The van der Waals surface area contributed by atoms with Crippen molar-refractivity contribution >= 4 is 17.2 Å². The molecule has 0 N–H and O–H groups in total. The normalized spacial score (nSPS) is 14.8. The van der Waals surface area contributed by atoms with Crippen molar-refractivity contribution in [2.75, 3.05) is 53.1 Å². The molecule has 3 aromatic rings. The van der Waals surface area contributed by atoms with Crippen LogP contribution < -0.4 is 0 Å². The Balaban J connectivity index is 1.25. The molecule has 1 amide bonds. The molecule has 0 unspecified atom stereocenters. The van der Waals surface area contributed by atoms with Gasteiger partial charge in [0.05, 0.1) is 18.1 Å². The van der Waals surface area contributed by atoms with E-state index in [1.807, 2.05) is 34.5 Å². The van der Waals surface area contributed by atoms with Gasteiger partial charge in [0.25, 0.3) is 5.89 Å². The van der Waals surface area contributed by atoms with Crippen molar-refractivity contribution in [1.82, 2.24) is 19.9 Å². The number of rotatable bonds is 9. The Labute approximate surface area is 185 Å². The summed E-state index contributed by atoms with van der Waals surface area (Å²) >= 11 is 1.58. The lowest BCUT2D eigenvalue weighted by Gasteiger charge is -2.34. The van der Waals surface area contributed by atoms with Gasteiger partial charge in [0, 0.05) is 45.4 Å². The van der Waals surface area contributed by atoms with Crippen molar-refractivity contribution in [2.45, 2.75) is 6.54 Å². The monoisotopic (exact) mass is 442 g/mol. The molecule has 1 aliphatic heterocycles. The fraction of sp³-hybridized carbons (Fsp3) is 0.409. The zero-order valence-corrected chi connectivity index (χ0v) is 18.3. The van der Waals surface area contributed by atoms with Crippen LogP contribution in [0.4, 0.5) is 0 Å². The van der Waals surface area contributed by atoms with Crippen molar-refractivity contribution < 1.29 is 18.8 Å². The maximum Gasteiger partial charge on any atom is 0.268 e. The summed E-state index contributed by atoms with van der Waals surface area (Å²) in [5, 5.41) is 6.09. The molecule has 1 saturated heterocycles. The highest BCUT2D eigenvalue weighted by atomic mass is 32.1. The molecule has 4 rings (SSSR count). The number of hydrogen-bond donors (Lipinski definition) is 0. The molecular formula is C22H26N4O4S. The quantitative estimate of drug-likeness (QED) is 0.471. The van der Waals surface area contributed by atoms with Crippen LogP contribution in [0.15, 0.2) is 46.3 Å². The highest BCUT2D eigenvalue weighted by Gasteiger charge is 2.21. The van der Waals surface area contributed by atoms with Crippen LogP contribution in [-0.4, -0.2) is 79.0 Å². The first kappa shape index (κ1) is 21.6. The van der Waals surface area contributed by atoms with E-state index < -0.39 is 0 Å². The van der Waals surface area contributed by atoms with Crippen molar-refractivity contribution in [3.05, 3.63) is 47.3 Å². The molecule has 0 spiro atoms. The highest BCUT2D eigenvalue weighted by molar-refractivity contribution is 7.13. The number of piperazine rings is 1. The standard InChI is InChI=1S/C22H26N4O4S/c1-28-12-13-29-16-20(27)26-10-8-25(9-11-26)15-17-4-6-18(7-5-17)21-23-22(30-24-21)19-3-2-14-31-19/h2-7,14H,8-13,15-16H2,1H3. The van der Waals surface area contributed by atoms with Crippen LogP contribution >= 0.6 is 11.3 Å². The Morgan fingerprint density at radius 2 is 1.94 bits per heavy atom. The molecule has 2 aromatic heterocycles. The third-order valence-electron chi connectivity index (χ3n) is 5.16. The lowest BCUT2D eigenvalue weighted by molar-refractivity contribution is -0.138. The number of benzene rings is 1. The zero-order valence-electron chi connectivity index (χ0n) is 17.5. The van der Waals surface area contributed by atoms with Crippen LogP contribution in [0.1, 0.15) is 5.56 Å². The Bertz CT molecular complexity index is 950. The third kappa shape index (κ3) is 5.76. The largest absolute Gasteiger partial charge is 0.382 e. The molecule has 1 aliphatic rings. The number of carbonyl (C=O) groups excluding carboxylic acids is 1. The summed E-state index contributed by atoms with van der Waals surface area (Å²) < 4.78 is 15.6. The summed E-state index contributed by atoms with van der Waals surface area (Å²) in [6.45, 7) is 5.05. The van der Waals surface area contributed by atoms with Crippen LogP contribution in [-0.2, 0) is 20.8 Å². The highest BCUT2D eigenvalue weighted by Crippen LogP contribution is 2.26. The first-order chi connectivity index (χ1) is 15.2. The van der Waals surface area contributed by atoms with Crippen molar-refractivity contribution in [3.63, 3.8) is 0 Å². The van der Waals surface area contributed by atoms with Gasteiger partial charge in [-0.25, -0.2) is 0 Å². The molecule has 164 valence electrons. The van der Waals surface area contributed by atoms with Crippen LogP contribution in [0.5, 0.6) is 0 Å². The molecule has 0 atom stereocenters. The van der Waals surface area contributed by atoms with E-state index in [9.17, 15) is 4.79 Å². The first-order valence-corrected chi connectivity index (χ1v) is 11.1. The van der Waals surface area contributed by atoms with Gasteiger partial charge in [0.2, 0.25) is 11.7 Å². The maximum atomic E-state index is 12.2. The average Bonchev–Trinajstić information content (AvgIpc) is 3.50. The predicted octanol–water partition coefficient (Wildman–Crippen LogP) is 2.77. The number of methoxy groups -OCH3 is 1. The molecule has 1 aromatic carbocycles. The second-order valence-corrected chi connectivity index (χ2v) is 8.25. The molecular weight excluding hydrogens is 416 g/mol. The first-order valence-electron chi connectivity index (χ1n) is 10.3. The molecule has 0 aliphatic carbocycles. The van der Waals surface area contributed by atoms with Gasteiger partial charge in [-0.3, -0.25) is 9.69 Å². The van der Waals surface area contributed by atoms with E-state index in [1.165, 1.54) is 5.56 Å². The van der Waals surface area contributed by atoms with E-state index in [0.717, 1.165) is 43.2 Å². The number of ether oxygens (including phenoxy) is 2. The number of amides is 1. The maximum absolute atomic E-state index is 12.2. The summed E-state index contributed by atoms with van der Waals surface area (Å²) in [6.07, 6.45) is 0. The third-order valence-corrected chi connectivity index (χ3v) is 6.02. The van der Waals surface area contributed by atoms with Crippen LogP contribution in [0.3, 0.4) is 0 Å². The fourth-order valence-electron chi connectivity index (χ4n) is 3.41. The topological polar surface area (TPSA) is 80.9 Å². The number of aromatic nitrogens is 2. The molecule has 1 fully saturated rings. The minimum Gasteiger partial charge on any atom is -0.382 e. The van der Waals surface area contributed by atoms with Gasteiger partial charge in [-0.05, 0) is 17.0 Å². The van der Waals surface area contributed by atoms with Crippen LogP contribution in [0, 0.1) is 0 Å². The summed E-state index contributed by atoms with van der Waals surface area (Å²) in [4.78, 5) is 21.9. The molecule has 0 bridgehead atoms. The summed E-state index contributed by atoms with van der Waals surface area (Å²) in [5.74, 6) is 1.18. The Morgan fingerprint density at radius 3 is 2.65 bits per heavy atom. The van der Waals surface area contributed by atoms with Crippen LogP contribution in [0.2, 0.25) is 0 Å². The second-order valence-electron chi connectivity index (χ2n) is 7.30. The molecule has 31 heavy (non-hydrogen) atoms. The van der Waals surface area contributed by atoms with Gasteiger partial charge < -0.3 is 18.9 Å². The lowest BCUT2D eigenvalue weighted by Crippen LogP contribution is -2.49. The van der Waals surface area contributed by atoms with Crippen LogP contribution in [0.25, 0.3) is 22.2 Å². The zero-order chi connectivity index (χ0) is 21.5. The average molecular weight is 443 g/mol. The molecule has 8 nitrogen and oxygen atoms in total. The Morgan fingerprint density at radius 1 is 1.13 bits per heavy atom. The van der Waals surface area contributed by atoms with Gasteiger partial charge in [-0.2, -0.15) is 4.98 Å². The van der Waals surface area contributed by atoms with E-state index in [4.69, 9.17) is 14.0 Å². The van der Waals surface area contributed by atoms with E-state index in [-0.39, 0.29) is 12.5 Å². The van der Waals surface area contributed by atoms with Gasteiger partial charge in [-0.1, -0.05) is 35.5 Å². The number of carbonyl (C=O) groups is 1. The number of thiophene rings is 1. The van der Waals surface area contributed by atoms with Crippen molar-refractivity contribution in [2.24, 2.45) is 0 Å². The second kappa shape index (κ2) is 10.6. The van der Waals surface area contributed by atoms with Crippen molar-refractivity contribution in [1.29, 1.82) is 0 Å². The van der Waals surface area contributed by atoms with Gasteiger partial charge in [-0.15, -0.1) is 11.3 Å². The van der Waals surface area contributed by atoms with E-state index in [0.29, 0.717) is 24.9 Å². The summed E-state index contributed by atoms with van der Waals surface area (Å²) in [5.41, 5.74) is 2.15. The summed E-state index contributed by atoms with van der Waals surface area (Å²) in [7, 11) is 1.62. The Kier molecular flexibility index (Phi) is 7.42. The molecule has 0 saturated carbocycles. The number of nitrogens with zero attached hydrogens (tertiary/aromatic N) is 4. The molecule has 9 heteroatoms. The number of hydrogen-bond acceptors (Lipinski definition) is 8. The Hall–Kier alpha value is -2.59. The van der Waals surface area contributed by atoms with Gasteiger partial charge in [0.1, 0.15) is 6.61 Å². The lowest BCUT2D eigenvalue weighted by atomic mass is 10.1. The van der Waals surface area contributed by atoms with Gasteiger partial charge in [0.15, 0.2) is 0 Å². The van der Waals surface area contributed by atoms with E-state index in [1.54, 1.807) is 18.4 Å². The SMILES string of the molecule is COCCOCC(=O)N1CCN(Cc2ccc(-c3noc(-c4cccs4)n3)cc2)CC1. The van der Waals surface area contributed by atoms with E-state index in [2.05, 4.69) is 27.2 Å². The van der Waals surface area contributed by atoms with Gasteiger partial charge >= 0.3 is 0 Å². The summed E-state index contributed by atoms with van der Waals surface area (Å²) in [6, 6.07) is 12.2. The minimum absolute atomic E-state index is 0.0436. The minimum atomic E-state index is 0.0436. The fourth-order valence-corrected chi connectivity index (χ4v) is 4.05. The molecule has 3 heterocycles. The predicted molar refractivity (Wildman–Crippen MR) is 118 cm³/mol. The van der Waals surface area contributed by atoms with Crippen molar-refractivity contribution in [3.8, 4) is 22.2 Å². The molecule has 0 radical (unpaired) electrons. The smallest absolute Gasteiger partial charge is 0.268 e.